The lowest BCUT2D eigenvalue weighted by molar-refractivity contribution is 0.0658. The predicted molar refractivity (Wildman–Crippen MR) is 121 cm³/mol. The number of ether oxygens (including phenoxy) is 2. The summed E-state index contributed by atoms with van der Waals surface area (Å²) in [6, 6.07) is 9.32. The van der Waals surface area contributed by atoms with E-state index < -0.39 is 12.2 Å². The maximum atomic E-state index is 12.1. The van der Waals surface area contributed by atoms with E-state index in [1.165, 1.54) is 0 Å². The van der Waals surface area contributed by atoms with E-state index in [2.05, 4.69) is 42.0 Å². The van der Waals surface area contributed by atoms with Gasteiger partial charge in [0.05, 0.1) is 0 Å². The van der Waals surface area contributed by atoms with Crippen LogP contribution in [0.15, 0.2) is 30.3 Å². The van der Waals surface area contributed by atoms with Crippen molar-refractivity contribution in [2.75, 3.05) is 26.8 Å². The van der Waals surface area contributed by atoms with Crippen LogP contribution in [-0.4, -0.2) is 51.1 Å². The Bertz CT molecular complexity index is 771. The van der Waals surface area contributed by atoms with Gasteiger partial charge in [0.1, 0.15) is 13.2 Å². The topological polar surface area (TPSA) is 118 Å². The number of alkyl carbamates (subject to hydrolysis) is 2. The first-order valence-electron chi connectivity index (χ1n) is 10.9. The largest absolute Gasteiger partial charge is 0.446 e. The number of nitrogens with one attached hydrogen (secondary N) is 4. The molecule has 2 atom stereocenters. The Morgan fingerprint density at radius 1 is 0.969 bits per heavy atom. The van der Waals surface area contributed by atoms with E-state index in [1.807, 2.05) is 30.3 Å². The van der Waals surface area contributed by atoms with Gasteiger partial charge in [-0.3, -0.25) is 0 Å². The van der Waals surface area contributed by atoms with Crippen LogP contribution in [0, 0.1) is 10.8 Å². The van der Waals surface area contributed by atoms with Crippen LogP contribution in [0.1, 0.15) is 45.6 Å². The van der Waals surface area contributed by atoms with Crippen LogP contribution < -0.4 is 21.3 Å². The molecule has 1 aliphatic carbocycles. The molecule has 1 aromatic rings. The molecule has 178 valence electrons. The molecule has 1 aromatic carbocycles. The van der Waals surface area contributed by atoms with Crippen LogP contribution in [0.25, 0.3) is 0 Å². The summed E-state index contributed by atoms with van der Waals surface area (Å²) in [6.45, 7) is 7.17. The molecule has 1 saturated carbocycles. The summed E-state index contributed by atoms with van der Waals surface area (Å²) < 4.78 is 10.1. The Morgan fingerprint density at radius 3 is 2.22 bits per heavy atom. The van der Waals surface area contributed by atoms with E-state index in [-0.39, 0.29) is 36.1 Å². The molecular formula is C23H36N4O5. The van der Waals surface area contributed by atoms with Gasteiger partial charge in [-0.2, -0.15) is 0 Å². The number of hydrogen-bond donors (Lipinski definition) is 4. The summed E-state index contributed by atoms with van der Waals surface area (Å²) in [5.41, 5.74) is 0.818. The molecule has 0 spiro atoms. The predicted octanol–water partition coefficient (Wildman–Crippen LogP) is 3.15. The lowest BCUT2D eigenvalue weighted by Crippen LogP contribution is -2.51. The summed E-state index contributed by atoms with van der Waals surface area (Å²) in [5.74, 6) is 0. The Balaban J connectivity index is 1.66. The summed E-state index contributed by atoms with van der Waals surface area (Å²) in [6.07, 6.45) is 1.43. The zero-order chi connectivity index (χ0) is 23.6. The van der Waals surface area contributed by atoms with Gasteiger partial charge >= 0.3 is 18.2 Å². The van der Waals surface area contributed by atoms with E-state index in [0.717, 1.165) is 24.8 Å². The van der Waals surface area contributed by atoms with Crippen molar-refractivity contribution >= 4 is 18.2 Å². The van der Waals surface area contributed by atoms with E-state index in [0.29, 0.717) is 13.1 Å². The summed E-state index contributed by atoms with van der Waals surface area (Å²) in [5, 5.41) is 11.0. The third-order valence-corrected chi connectivity index (χ3v) is 5.49. The van der Waals surface area contributed by atoms with Crippen molar-refractivity contribution in [2.24, 2.45) is 10.8 Å². The number of carbonyl (C=O) groups excluding carboxylic acids is 3. The average Bonchev–Trinajstić information content (AvgIpc) is 2.73. The van der Waals surface area contributed by atoms with Crippen molar-refractivity contribution in [2.45, 2.75) is 52.6 Å². The highest BCUT2D eigenvalue weighted by Gasteiger charge is 2.41. The molecule has 0 radical (unpaired) electrons. The summed E-state index contributed by atoms with van der Waals surface area (Å²) in [7, 11) is 1.59. The van der Waals surface area contributed by atoms with E-state index >= 15 is 0 Å². The lowest BCUT2D eigenvalue weighted by atomic mass is 9.62. The minimum atomic E-state index is -0.565. The maximum Gasteiger partial charge on any atom is 0.407 e. The van der Waals surface area contributed by atoms with Crippen LogP contribution in [-0.2, 0) is 16.0 Å². The number of benzene rings is 1. The lowest BCUT2D eigenvalue weighted by Gasteiger charge is -2.46. The van der Waals surface area contributed by atoms with Crippen LogP contribution >= 0.6 is 0 Å². The molecule has 1 aliphatic rings. The first-order valence-corrected chi connectivity index (χ1v) is 10.9. The Hall–Kier alpha value is -2.97. The normalized spacial score (nSPS) is 21.7. The summed E-state index contributed by atoms with van der Waals surface area (Å²) in [4.78, 5) is 35.5. The Labute approximate surface area is 190 Å². The van der Waals surface area contributed by atoms with Crippen molar-refractivity contribution in [3.8, 4) is 0 Å². The molecule has 2 rings (SSSR count). The van der Waals surface area contributed by atoms with Gasteiger partial charge in [-0.15, -0.1) is 0 Å². The fraction of sp³-hybridized carbons (Fsp3) is 0.609. The molecular weight excluding hydrogens is 412 g/mol. The summed E-state index contributed by atoms with van der Waals surface area (Å²) >= 11 is 0. The minimum absolute atomic E-state index is 0.0313. The quantitative estimate of drug-likeness (QED) is 0.456. The first-order chi connectivity index (χ1) is 15.1. The molecule has 4 amide bonds. The Kier molecular flexibility index (Phi) is 9.16. The van der Waals surface area contributed by atoms with Crippen molar-refractivity contribution in [3.05, 3.63) is 35.9 Å². The second-order valence-electron chi connectivity index (χ2n) is 9.44. The second-order valence-corrected chi connectivity index (χ2v) is 9.44. The Morgan fingerprint density at radius 2 is 1.59 bits per heavy atom. The number of rotatable bonds is 8. The molecule has 0 saturated heterocycles. The number of carbonyl (C=O) groups is 3. The molecule has 9 nitrogen and oxygen atoms in total. The van der Waals surface area contributed by atoms with Gasteiger partial charge < -0.3 is 30.7 Å². The molecule has 4 N–H and O–H groups in total. The van der Waals surface area contributed by atoms with Crippen LogP contribution in [0.2, 0.25) is 0 Å². The highest BCUT2D eigenvalue weighted by molar-refractivity contribution is 5.73. The highest BCUT2D eigenvalue weighted by atomic mass is 16.6. The maximum absolute atomic E-state index is 12.1. The molecule has 0 heterocycles. The average molecular weight is 449 g/mol. The van der Waals surface area contributed by atoms with Crippen molar-refractivity contribution < 1.29 is 23.9 Å². The smallest absolute Gasteiger partial charge is 0.407 e. The van der Waals surface area contributed by atoms with Gasteiger partial charge in [-0.1, -0.05) is 51.1 Å². The number of amides is 4. The van der Waals surface area contributed by atoms with E-state index in [4.69, 9.17) is 9.47 Å². The SMILES string of the molecule is CNC(=O)NC1CC(C)(C)CC(C)(CNC(=O)OCCOC(=O)NCc2ccccc2)C1. The van der Waals surface area contributed by atoms with Crippen molar-refractivity contribution in [1.82, 2.24) is 21.3 Å². The monoisotopic (exact) mass is 448 g/mol. The molecule has 32 heavy (non-hydrogen) atoms. The van der Waals surface area contributed by atoms with Crippen molar-refractivity contribution in [1.29, 1.82) is 0 Å². The number of urea groups is 1. The number of hydrogen-bond acceptors (Lipinski definition) is 5. The standard InChI is InChI=1S/C23H36N4O5/c1-22(2)12-18(27-19(28)24-4)13-23(3,15-22)16-26-21(30)32-11-10-31-20(29)25-14-17-8-6-5-7-9-17/h5-9,18H,10-16H2,1-4H3,(H,25,29)(H,26,30)(H2,24,27,28). The van der Waals surface area contributed by atoms with Crippen LogP contribution in [0.4, 0.5) is 14.4 Å². The second kappa shape index (κ2) is 11.6. The van der Waals surface area contributed by atoms with Gasteiger partial charge in [-0.25, -0.2) is 14.4 Å². The molecule has 2 unspecified atom stereocenters. The molecule has 0 aromatic heterocycles. The van der Waals surface area contributed by atoms with E-state index in [9.17, 15) is 14.4 Å². The third kappa shape index (κ3) is 9.03. The zero-order valence-electron chi connectivity index (χ0n) is 19.5. The van der Waals surface area contributed by atoms with Gasteiger partial charge in [0.25, 0.3) is 0 Å². The van der Waals surface area contributed by atoms with Gasteiger partial charge in [0.15, 0.2) is 0 Å². The fourth-order valence-corrected chi connectivity index (χ4v) is 4.55. The van der Waals surface area contributed by atoms with Crippen LogP contribution in [0.3, 0.4) is 0 Å². The minimum Gasteiger partial charge on any atom is -0.446 e. The van der Waals surface area contributed by atoms with Gasteiger partial charge in [0, 0.05) is 26.2 Å². The fourth-order valence-electron chi connectivity index (χ4n) is 4.55. The van der Waals surface area contributed by atoms with Gasteiger partial charge in [0.2, 0.25) is 0 Å². The molecule has 0 aliphatic heterocycles. The molecule has 9 heteroatoms. The van der Waals surface area contributed by atoms with Gasteiger partial charge in [-0.05, 0) is 35.7 Å². The van der Waals surface area contributed by atoms with E-state index in [1.54, 1.807) is 7.05 Å². The third-order valence-electron chi connectivity index (χ3n) is 5.49. The molecule has 0 bridgehead atoms. The van der Waals surface area contributed by atoms with Crippen molar-refractivity contribution in [3.63, 3.8) is 0 Å². The molecule has 1 fully saturated rings. The highest BCUT2D eigenvalue weighted by Crippen LogP contribution is 2.45. The van der Waals surface area contributed by atoms with Crippen LogP contribution in [0.5, 0.6) is 0 Å². The zero-order valence-corrected chi connectivity index (χ0v) is 19.5. The first kappa shape index (κ1) is 25.3.